The molecule has 0 amide bonds. The Kier molecular flexibility index (Phi) is 7.99. The summed E-state index contributed by atoms with van der Waals surface area (Å²) in [5, 5.41) is 5.53. The van der Waals surface area contributed by atoms with Crippen molar-refractivity contribution in [3.05, 3.63) is 53.4 Å². The molecule has 2 N–H and O–H groups in total. The molecule has 1 fully saturated rings. The summed E-state index contributed by atoms with van der Waals surface area (Å²) in [4.78, 5) is 5.96. The molecule has 0 unspecified atom stereocenters. The highest BCUT2D eigenvalue weighted by Crippen LogP contribution is 2.29. The Morgan fingerprint density at radius 2 is 1.78 bits per heavy atom. The summed E-state index contributed by atoms with van der Waals surface area (Å²) in [5.41, 5.74) is -0.720. The molecule has 1 aliphatic heterocycles. The molecule has 1 aromatic carbocycles. The molecule has 8 heteroatoms. The van der Waals surface area contributed by atoms with Crippen molar-refractivity contribution in [2.75, 3.05) is 40.3 Å². The zero-order valence-electron chi connectivity index (χ0n) is 15.5. The van der Waals surface area contributed by atoms with Crippen LogP contribution in [0.2, 0.25) is 0 Å². The van der Waals surface area contributed by atoms with Crippen molar-refractivity contribution in [3.63, 3.8) is 0 Å². The van der Waals surface area contributed by atoms with Gasteiger partial charge in [-0.05, 0) is 33.0 Å². The van der Waals surface area contributed by atoms with Crippen LogP contribution in [0.4, 0.5) is 17.6 Å². The Morgan fingerprint density at radius 3 is 2.33 bits per heavy atom. The average molecular weight is 384 g/mol. The molecule has 0 aliphatic carbocycles. The summed E-state index contributed by atoms with van der Waals surface area (Å²) in [6.45, 7) is 1.50. The lowest BCUT2D eigenvalue weighted by atomic mass is 10.0. The Labute approximate surface area is 156 Å². The van der Waals surface area contributed by atoms with E-state index in [1.165, 1.54) is 12.4 Å². The highest BCUT2D eigenvalue weighted by Gasteiger charge is 2.25. The van der Waals surface area contributed by atoms with Crippen LogP contribution in [-0.4, -0.2) is 50.9 Å². The number of nitrogens with zero attached hydrogens (tertiary/aromatic N) is 2. The maximum Gasteiger partial charge on any atom is 0.151 e. The van der Waals surface area contributed by atoms with Crippen LogP contribution in [0.1, 0.15) is 18.4 Å². The predicted molar refractivity (Wildman–Crippen MR) is 99.6 cm³/mol. The van der Waals surface area contributed by atoms with Gasteiger partial charge in [0.05, 0.1) is 11.3 Å². The van der Waals surface area contributed by atoms with E-state index in [0.29, 0.717) is 25.2 Å². The first-order chi connectivity index (χ1) is 13.0. The van der Waals surface area contributed by atoms with Crippen LogP contribution < -0.4 is 10.6 Å². The summed E-state index contributed by atoms with van der Waals surface area (Å²) in [7, 11) is 3.28. The van der Waals surface area contributed by atoms with Gasteiger partial charge < -0.3 is 10.6 Å². The molecule has 0 atom stereocenters. The quantitative estimate of drug-likeness (QED) is 0.534. The van der Waals surface area contributed by atoms with E-state index in [1.54, 1.807) is 14.1 Å². The first-order valence-corrected chi connectivity index (χ1v) is 8.77. The fourth-order valence-corrected chi connectivity index (χ4v) is 2.98. The van der Waals surface area contributed by atoms with Crippen molar-refractivity contribution in [1.29, 1.82) is 0 Å². The lowest BCUT2D eigenvalue weighted by molar-refractivity contribution is 0.379. The number of aliphatic imine (C=N–C) groups is 1. The van der Waals surface area contributed by atoms with E-state index in [0.717, 1.165) is 12.8 Å². The van der Waals surface area contributed by atoms with Crippen molar-refractivity contribution < 1.29 is 17.6 Å². The molecule has 0 saturated carbocycles. The summed E-state index contributed by atoms with van der Waals surface area (Å²) in [6, 6.07) is 1.12. The van der Waals surface area contributed by atoms with E-state index in [-0.39, 0.29) is 24.4 Å². The number of benzene rings is 1. The van der Waals surface area contributed by atoms with Crippen molar-refractivity contribution in [2.24, 2.45) is 4.99 Å². The molecular weight excluding hydrogens is 360 g/mol. The van der Waals surface area contributed by atoms with Crippen LogP contribution in [-0.2, 0) is 0 Å². The number of likely N-dealkylation sites (tertiary alicyclic amines) is 1. The van der Waals surface area contributed by atoms with Crippen LogP contribution in [0.15, 0.2) is 35.4 Å². The molecular formula is C19H24F4N4. The minimum Gasteiger partial charge on any atom is -0.393 e. The molecule has 0 aromatic heterocycles. The van der Waals surface area contributed by atoms with Gasteiger partial charge >= 0.3 is 0 Å². The largest absolute Gasteiger partial charge is 0.393 e. The van der Waals surface area contributed by atoms with Gasteiger partial charge in [0.1, 0.15) is 17.5 Å². The molecule has 1 heterocycles. The van der Waals surface area contributed by atoms with Gasteiger partial charge in [-0.2, -0.15) is 0 Å². The topological polar surface area (TPSA) is 39.7 Å². The van der Waals surface area contributed by atoms with Gasteiger partial charge in [0, 0.05) is 50.2 Å². The van der Waals surface area contributed by atoms with E-state index >= 15 is 4.39 Å². The summed E-state index contributed by atoms with van der Waals surface area (Å²) >= 11 is 0. The van der Waals surface area contributed by atoms with Gasteiger partial charge in [-0.25, -0.2) is 17.6 Å². The van der Waals surface area contributed by atoms with Gasteiger partial charge in [-0.1, -0.05) is 0 Å². The smallest absolute Gasteiger partial charge is 0.151 e. The second-order valence-corrected chi connectivity index (χ2v) is 6.23. The fraction of sp³-hybridized carbons (Fsp3) is 0.421. The van der Waals surface area contributed by atoms with E-state index in [2.05, 4.69) is 15.6 Å². The third-order valence-corrected chi connectivity index (χ3v) is 4.22. The number of hydrogen-bond donors (Lipinski definition) is 2. The zero-order chi connectivity index (χ0) is 19.8. The minimum absolute atomic E-state index is 0.00122. The Hall–Kier alpha value is -2.19. The standard InChI is InChI=1S/C19H24F4N4/c1-24-5-6-26-17(11-25-2)19(23)14(12-27-7-3-4-8-27)18-15(21)9-13(20)10-16(18)22/h5-6,9-10,24-25H,3-4,7-8,11-12H2,1-2H3/b6-5-,19-14-,26-17-. The van der Waals surface area contributed by atoms with Crippen LogP contribution in [0, 0.1) is 17.5 Å². The van der Waals surface area contributed by atoms with Gasteiger partial charge in [0.2, 0.25) is 0 Å². The van der Waals surface area contributed by atoms with Gasteiger partial charge in [-0.15, -0.1) is 0 Å². The SMILES string of the molecule is CN\C=C/N=C(CNC)\C(F)=C(/CN1CCCC1)c1c(F)cc(F)cc1F. The van der Waals surface area contributed by atoms with Crippen LogP contribution in [0.3, 0.4) is 0 Å². The fourth-order valence-electron chi connectivity index (χ4n) is 2.98. The number of nitrogens with one attached hydrogen (secondary N) is 2. The molecule has 1 aliphatic rings. The Morgan fingerprint density at radius 1 is 1.15 bits per heavy atom. The number of hydrogen-bond acceptors (Lipinski definition) is 4. The summed E-state index contributed by atoms with van der Waals surface area (Å²) < 4.78 is 57.4. The van der Waals surface area contributed by atoms with E-state index in [1.807, 2.05) is 4.90 Å². The molecule has 0 spiro atoms. The van der Waals surface area contributed by atoms with Crippen LogP contribution in [0.5, 0.6) is 0 Å². The minimum atomic E-state index is -1.13. The van der Waals surface area contributed by atoms with E-state index in [9.17, 15) is 13.2 Å². The number of halogens is 4. The second kappa shape index (κ2) is 10.2. The van der Waals surface area contributed by atoms with Gasteiger partial charge in [0.25, 0.3) is 0 Å². The van der Waals surface area contributed by atoms with Crippen LogP contribution in [0.25, 0.3) is 5.57 Å². The van der Waals surface area contributed by atoms with Gasteiger partial charge in [-0.3, -0.25) is 9.89 Å². The molecule has 0 radical (unpaired) electrons. The monoisotopic (exact) mass is 384 g/mol. The third-order valence-electron chi connectivity index (χ3n) is 4.22. The van der Waals surface area contributed by atoms with E-state index < -0.39 is 28.8 Å². The molecule has 1 aromatic rings. The average Bonchev–Trinajstić information content (AvgIpc) is 3.12. The maximum atomic E-state index is 15.3. The molecule has 148 valence electrons. The Bertz CT molecular complexity index is 714. The summed E-state index contributed by atoms with van der Waals surface area (Å²) in [5.74, 6) is -4.13. The van der Waals surface area contributed by atoms with Crippen molar-refractivity contribution in [1.82, 2.24) is 15.5 Å². The first-order valence-electron chi connectivity index (χ1n) is 8.77. The van der Waals surface area contributed by atoms with Crippen molar-refractivity contribution >= 4 is 11.3 Å². The van der Waals surface area contributed by atoms with Crippen molar-refractivity contribution in [3.8, 4) is 0 Å². The highest BCUT2D eigenvalue weighted by molar-refractivity contribution is 6.06. The zero-order valence-corrected chi connectivity index (χ0v) is 15.5. The van der Waals surface area contributed by atoms with E-state index in [4.69, 9.17) is 0 Å². The van der Waals surface area contributed by atoms with Gasteiger partial charge in [0.15, 0.2) is 5.83 Å². The molecule has 4 nitrogen and oxygen atoms in total. The predicted octanol–water partition coefficient (Wildman–Crippen LogP) is 3.23. The molecule has 27 heavy (non-hydrogen) atoms. The normalized spacial score (nSPS) is 16.9. The lowest BCUT2D eigenvalue weighted by Gasteiger charge is -2.20. The van der Waals surface area contributed by atoms with Crippen molar-refractivity contribution in [2.45, 2.75) is 12.8 Å². The van der Waals surface area contributed by atoms with Crippen LogP contribution >= 0.6 is 0 Å². The molecule has 1 saturated heterocycles. The third kappa shape index (κ3) is 5.64. The highest BCUT2D eigenvalue weighted by atomic mass is 19.1. The molecule has 0 bridgehead atoms. The second-order valence-electron chi connectivity index (χ2n) is 6.23. The lowest BCUT2D eigenvalue weighted by Crippen LogP contribution is -2.26. The molecule has 2 rings (SSSR count). The number of rotatable bonds is 8. The summed E-state index contributed by atoms with van der Waals surface area (Å²) in [6.07, 6.45) is 4.73. The first kappa shape index (κ1) is 21.1. The maximum absolute atomic E-state index is 15.3. The Balaban J connectivity index is 2.57.